The van der Waals surface area contributed by atoms with Gasteiger partial charge in [-0.15, -0.1) is 0 Å². The van der Waals surface area contributed by atoms with Gasteiger partial charge in [-0.05, 0) is 31.0 Å². The van der Waals surface area contributed by atoms with Gasteiger partial charge in [-0.3, -0.25) is 4.79 Å². The van der Waals surface area contributed by atoms with E-state index in [2.05, 4.69) is 5.32 Å². The van der Waals surface area contributed by atoms with Crippen molar-refractivity contribution in [1.29, 1.82) is 0 Å². The predicted molar refractivity (Wildman–Crippen MR) is 66.3 cm³/mol. The highest BCUT2D eigenvalue weighted by molar-refractivity contribution is 6.30. The van der Waals surface area contributed by atoms with E-state index in [4.69, 9.17) is 16.7 Å². The number of carbonyl (C=O) groups is 1. The van der Waals surface area contributed by atoms with Crippen molar-refractivity contribution < 1.29 is 15.0 Å². The molecule has 1 aromatic rings. The molecule has 0 saturated carbocycles. The minimum absolute atomic E-state index is 0.00591. The van der Waals surface area contributed by atoms with Crippen LogP contribution < -0.4 is 5.32 Å². The summed E-state index contributed by atoms with van der Waals surface area (Å²) in [6, 6.07) is 4.14. The first-order valence-corrected chi connectivity index (χ1v) is 5.73. The fourth-order valence-electron chi connectivity index (χ4n) is 1.28. The van der Waals surface area contributed by atoms with Gasteiger partial charge >= 0.3 is 0 Å². The number of aromatic hydroxyl groups is 1. The summed E-state index contributed by atoms with van der Waals surface area (Å²) in [7, 11) is 0. The van der Waals surface area contributed by atoms with Crippen molar-refractivity contribution >= 4 is 17.5 Å². The minimum atomic E-state index is -0.382. The Kier molecular flexibility index (Phi) is 4.78. The quantitative estimate of drug-likeness (QED) is 0.770. The van der Waals surface area contributed by atoms with Crippen LogP contribution in [0.3, 0.4) is 0 Å². The summed E-state index contributed by atoms with van der Waals surface area (Å²) >= 11 is 5.68. The zero-order valence-electron chi connectivity index (χ0n) is 9.77. The molecule has 1 rings (SSSR count). The van der Waals surface area contributed by atoms with Gasteiger partial charge < -0.3 is 15.5 Å². The van der Waals surface area contributed by atoms with E-state index in [1.165, 1.54) is 18.2 Å². The van der Waals surface area contributed by atoms with Crippen molar-refractivity contribution in [2.75, 3.05) is 6.61 Å². The van der Waals surface area contributed by atoms with Crippen LogP contribution in [0.1, 0.15) is 24.2 Å². The average molecular weight is 258 g/mol. The van der Waals surface area contributed by atoms with Gasteiger partial charge in [-0.1, -0.05) is 18.5 Å². The zero-order valence-corrected chi connectivity index (χ0v) is 10.5. The third kappa shape index (κ3) is 3.61. The lowest BCUT2D eigenvalue weighted by Gasteiger charge is -2.19. The number of carbonyl (C=O) groups excluding carboxylic acids is 1. The van der Waals surface area contributed by atoms with Gasteiger partial charge in [0, 0.05) is 17.7 Å². The SMILES string of the molecule is CC(CO)C(C)NC(=O)c1ccc(Cl)cc1O. The summed E-state index contributed by atoms with van der Waals surface area (Å²) < 4.78 is 0. The van der Waals surface area contributed by atoms with E-state index >= 15 is 0 Å². The molecule has 0 aliphatic heterocycles. The summed E-state index contributed by atoms with van der Waals surface area (Å²) in [5.41, 5.74) is 0.173. The average Bonchev–Trinajstić information content (AvgIpc) is 2.27. The Morgan fingerprint density at radius 2 is 2.12 bits per heavy atom. The number of amides is 1. The lowest BCUT2D eigenvalue weighted by molar-refractivity contribution is 0.0913. The maximum absolute atomic E-state index is 11.8. The normalized spacial score (nSPS) is 14.1. The summed E-state index contributed by atoms with van der Waals surface area (Å²) in [6.07, 6.45) is 0. The van der Waals surface area contributed by atoms with Crippen molar-refractivity contribution in [1.82, 2.24) is 5.32 Å². The highest BCUT2D eigenvalue weighted by atomic mass is 35.5. The molecule has 1 amide bonds. The van der Waals surface area contributed by atoms with Crippen molar-refractivity contribution in [3.63, 3.8) is 0 Å². The molecule has 0 radical (unpaired) electrons. The lowest BCUT2D eigenvalue weighted by Crippen LogP contribution is -2.38. The van der Waals surface area contributed by atoms with Gasteiger partial charge in [0.2, 0.25) is 0 Å². The number of nitrogens with one attached hydrogen (secondary N) is 1. The molecule has 0 fully saturated rings. The summed E-state index contributed by atoms with van der Waals surface area (Å²) in [5, 5.41) is 21.6. The zero-order chi connectivity index (χ0) is 13.0. The molecule has 0 heterocycles. The number of aliphatic hydroxyl groups excluding tert-OH is 1. The lowest BCUT2D eigenvalue weighted by atomic mass is 10.0. The van der Waals surface area contributed by atoms with Gasteiger partial charge in [0.1, 0.15) is 5.75 Å². The van der Waals surface area contributed by atoms with Crippen LogP contribution in [0.2, 0.25) is 5.02 Å². The summed E-state index contributed by atoms with van der Waals surface area (Å²) in [5.74, 6) is -0.584. The first kappa shape index (κ1) is 13.8. The van der Waals surface area contributed by atoms with Crippen LogP contribution in [0.25, 0.3) is 0 Å². The summed E-state index contributed by atoms with van der Waals surface area (Å²) in [4.78, 5) is 11.8. The van der Waals surface area contributed by atoms with E-state index in [1.807, 2.05) is 6.92 Å². The molecule has 4 nitrogen and oxygen atoms in total. The van der Waals surface area contributed by atoms with E-state index in [9.17, 15) is 9.90 Å². The molecule has 0 aromatic heterocycles. The highest BCUT2D eigenvalue weighted by Gasteiger charge is 2.17. The van der Waals surface area contributed by atoms with Crippen LogP contribution >= 0.6 is 11.6 Å². The van der Waals surface area contributed by atoms with Crippen molar-refractivity contribution in [2.24, 2.45) is 5.92 Å². The standard InChI is InChI=1S/C12H16ClNO3/c1-7(6-15)8(2)14-12(17)10-4-3-9(13)5-11(10)16/h3-5,7-8,15-16H,6H2,1-2H3,(H,14,17). The molecule has 2 unspecified atom stereocenters. The molecule has 1 aromatic carbocycles. The number of aliphatic hydroxyl groups is 1. The predicted octanol–water partition coefficient (Wildman–Crippen LogP) is 1.79. The van der Waals surface area contributed by atoms with E-state index in [-0.39, 0.29) is 35.8 Å². The molecule has 0 spiro atoms. The molecule has 0 bridgehead atoms. The Hall–Kier alpha value is -1.26. The van der Waals surface area contributed by atoms with E-state index in [0.717, 1.165) is 0 Å². The van der Waals surface area contributed by atoms with Crippen LogP contribution in [-0.4, -0.2) is 28.8 Å². The molecular formula is C12H16ClNO3. The third-order valence-electron chi connectivity index (χ3n) is 2.70. The molecule has 17 heavy (non-hydrogen) atoms. The molecule has 0 saturated heterocycles. The number of halogens is 1. The molecule has 94 valence electrons. The van der Waals surface area contributed by atoms with Crippen molar-refractivity contribution in [2.45, 2.75) is 19.9 Å². The van der Waals surface area contributed by atoms with Crippen LogP contribution in [0.15, 0.2) is 18.2 Å². The van der Waals surface area contributed by atoms with Gasteiger partial charge in [0.05, 0.1) is 5.56 Å². The number of phenolic OH excluding ortho intramolecular Hbond substituents is 1. The Morgan fingerprint density at radius 3 is 2.65 bits per heavy atom. The van der Waals surface area contributed by atoms with E-state index in [1.54, 1.807) is 6.92 Å². The monoisotopic (exact) mass is 257 g/mol. The minimum Gasteiger partial charge on any atom is -0.507 e. The Morgan fingerprint density at radius 1 is 1.47 bits per heavy atom. The molecule has 2 atom stereocenters. The topological polar surface area (TPSA) is 69.6 Å². The molecule has 3 N–H and O–H groups in total. The van der Waals surface area contributed by atoms with Crippen LogP contribution in [0.5, 0.6) is 5.75 Å². The smallest absolute Gasteiger partial charge is 0.255 e. The van der Waals surface area contributed by atoms with Crippen LogP contribution in [0.4, 0.5) is 0 Å². The third-order valence-corrected chi connectivity index (χ3v) is 2.94. The molecule has 0 aliphatic rings. The number of hydrogen-bond donors (Lipinski definition) is 3. The second-order valence-electron chi connectivity index (χ2n) is 4.08. The van der Waals surface area contributed by atoms with Crippen molar-refractivity contribution in [3.8, 4) is 5.75 Å². The molecular weight excluding hydrogens is 242 g/mol. The van der Waals surface area contributed by atoms with Gasteiger partial charge in [0.15, 0.2) is 0 Å². The van der Waals surface area contributed by atoms with Crippen LogP contribution in [0, 0.1) is 5.92 Å². The highest BCUT2D eigenvalue weighted by Crippen LogP contribution is 2.21. The van der Waals surface area contributed by atoms with Gasteiger partial charge in [-0.2, -0.15) is 0 Å². The second kappa shape index (κ2) is 5.89. The number of benzene rings is 1. The maximum atomic E-state index is 11.8. The first-order valence-electron chi connectivity index (χ1n) is 5.36. The fraction of sp³-hybridized carbons (Fsp3) is 0.417. The Bertz CT molecular complexity index is 409. The molecule has 5 heteroatoms. The Labute approximate surface area is 105 Å². The van der Waals surface area contributed by atoms with Crippen LogP contribution in [-0.2, 0) is 0 Å². The van der Waals surface area contributed by atoms with E-state index < -0.39 is 0 Å². The molecule has 0 aliphatic carbocycles. The second-order valence-corrected chi connectivity index (χ2v) is 4.52. The largest absolute Gasteiger partial charge is 0.507 e. The van der Waals surface area contributed by atoms with Gasteiger partial charge in [-0.25, -0.2) is 0 Å². The van der Waals surface area contributed by atoms with Crippen molar-refractivity contribution in [3.05, 3.63) is 28.8 Å². The van der Waals surface area contributed by atoms with Gasteiger partial charge in [0.25, 0.3) is 5.91 Å². The first-order chi connectivity index (χ1) is 7.95. The fourth-order valence-corrected chi connectivity index (χ4v) is 1.45. The van der Waals surface area contributed by atoms with E-state index in [0.29, 0.717) is 5.02 Å². The maximum Gasteiger partial charge on any atom is 0.255 e. The Balaban J connectivity index is 2.76. The number of rotatable bonds is 4. The summed E-state index contributed by atoms with van der Waals surface area (Å²) in [6.45, 7) is 3.62. The number of phenols is 1. The number of hydrogen-bond acceptors (Lipinski definition) is 3.